The highest BCUT2D eigenvalue weighted by Gasteiger charge is 2.66. The van der Waals surface area contributed by atoms with Crippen molar-refractivity contribution in [3.8, 4) is 0 Å². The maximum absolute atomic E-state index is 13.6. The fourth-order valence-electron chi connectivity index (χ4n) is 6.55. The molecule has 8 nitrogen and oxygen atoms in total. The molecule has 1 saturated heterocycles. The van der Waals surface area contributed by atoms with Gasteiger partial charge >= 0.3 is 0 Å². The quantitative estimate of drug-likeness (QED) is 0.629. The summed E-state index contributed by atoms with van der Waals surface area (Å²) >= 11 is 0. The first kappa shape index (κ1) is 23.1. The number of likely N-dealkylation sites (tertiary alicyclic amines) is 1. The van der Waals surface area contributed by atoms with Crippen molar-refractivity contribution >= 4 is 28.4 Å². The minimum Gasteiger partial charge on any atom is -0.396 e. The number of hydrogen-bond donors (Lipinski definition) is 1. The number of pyridine rings is 1. The summed E-state index contributed by atoms with van der Waals surface area (Å²) in [5.41, 5.74) is 0.846. The van der Waals surface area contributed by atoms with Gasteiger partial charge in [0.1, 0.15) is 12.2 Å². The second-order valence-corrected chi connectivity index (χ2v) is 11.5. The van der Waals surface area contributed by atoms with Crippen LogP contribution in [0.4, 0.5) is 0 Å². The Hall–Kier alpha value is -2.61. The number of ketones is 2. The molecule has 2 aliphatic carbocycles. The van der Waals surface area contributed by atoms with Crippen molar-refractivity contribution in [2.75, 3.05) is 6.61 Å². The van der Waals surface area contributed by atoms with E-state index in [1.165, 1.54) is 18.0 Å². The van der Waals surface area contributed by atoms with Crippen molar-refractivity contribution in [2.45, 2.75) is 84.3 Å². The first-order valence-corrected chi connectivity index (χ1v) is 12.4. The summed E-state index contributed by atoms with van der Waals surface area (Å²) in [4.78, 5) is 45.0. The van der Waals surface area contributed by atoms with E-state index >= 15 is 0 Å². The lowest BCUT2D eigenvalue weighted by Crippen LogP contribution is -2.45. The second kappa shape index (κ2) is 8.26. The molecule has 3 fully saturated rings. The number of rotatable bonds is 7. The summed E-state index contributed by atoms with van der Waals surface area (Å²) < 4.78 is 1.52. The van der Waals surface area contributed by atoms with Gasteiger partial charge < -0.3 is 10.0 Å². The van der Waals surface area contributed by atoms with E-state index < -0.39 is 6.04 Å². The summed E-state index contributed by atoms with van der Waals surface area (Å²) in [6.07, 6.45) is 9.40. The monoisotopic (exact) mass is 466 g/mol. The first-order valence-electron chi connectivity index (χ1n) is 12.4. The van der Waals surface area contributed by atoms with E-state index in [1.807, 2.05) is 0 Å². The third kappa shape index (κ3) is 3.96. The molecule has 2 saturated carbocycles. The number of piperidine rings is 1. The van der Waals surface area contributed by atoms with E-state index in [0.717, 1.165) is 25.7 Å². The average Bonchev–Trinajstić information content (AvgIpc) is 3.21. The van der Waals surface area contributed by atoms with Crippen molar-refractivity contribution in [3.63, 3.8) is 0 Å². The van der Waals surface area contributed by atoms with Gasteiger partial charge in [0.2, 0.25) is 5.91 Å². The SMILES string of the molecule is CC(=O)c1nn(CC(=O)N2[C@H](C(=O)C[C@@H]3CCCC(C)(C)C3)C[C@@]3(CO)C[C@@H]23)c2cnccc12. The van der Waals surface area contributed by atoms with Crippen LogP contribution in [0.25, 0.3) is 10.9 Å². The van der Waals surface area contributed by atoms with Crippen molar-refractivity contribution in [3.05, 3.63) is 24.2 Å². The van der Waals surface area contributed by atoms with E-state index in [9.17, 15) is 19.5 Å². The number of aliphatic hydroxyl groups excluding tert-OH is 1. The molecule has 3 aliphatic rings. The van der Waals surface area contributed by atoms with Crippen LogP contribution in [0.1, 0.15) is 76.2 Å². The molecule has 0 spiro atoms. The molecule has 182 valence electrons. The Bertz CT molecular complexity index is 1150. The molecule has 2 aromatic heterocycles. The molecular formula is C26H34N4O4. The molecule has 34 heavy (non-hydrogen) atoms. The van der Waals surface area contributed by atoms with Gasteiger partial charge in [-0.2, -0.15) is 5.10 Å². The third-order valence-corrected chi connectivity index (χ3v) is 8.36. The topological polar surface area (TPSA) is 105 Å². The Kier molecular flexibility index (Phi) is 5.62. The van der Waals surface area contributed by atoms with Crippen molar-refractivity contribution in [1.82, 2.24) is 19.7 Å². The standard InChI is InChI=1S/C26H34N4O4/c1-16(32)24-18-6-8-27-13-20(18)29(28-24)14-23(34)30-19(11-26(15-31)12-22(26)30)21(33)9-17-5-4-7-25(2,3)10-17/h6,8,13,17,19,22,31H,4-5,7,9-12,14-15H2,1-3H3/t17-,19-,22+,26-/m0/s1. The summed E-state index contributed by atoms with van der Waals surface area (Å²) in [5.74, 6) is 0.110. The van der Waals surface area contributed by atoms with Crippen LogP contribution in [-0.4, -0.2) is 60.9 Å². The van der Waals surface area contributed by atoms with Crippen molar-refractivity contribution < 1.29 is 19.5 Å². The van der Waals surface area contributed by atoms with Crippen LogP contribution in [0, 0.1) is 16.7 Å². The Labute approximate surface area is 199 Å². The fourth-order valence-corrected chi connectivity index (χ4v) is 6.55. The molecule has 4 atom stereocenters. The molecule has 8 heteroatoms. The highest BCUT2D eigenvalue weighted by molar-refractivity contribution is 6.04. The maximum atomic E-state index is 13.6. The molecular weight excluding hydrogens is 432 g/mol. The van der Waals surface area contributed by atoms with Crippen LogP contribution < -0.4 is 0 Å². The molecule has 0 radical (unpaired) electrons. The lowest BCUT2D eigenvalue weighted by atomic mass is 9.70. The van der Waals surface area contributed by atoms with Gasteiger partial charge in [-0.05, 0) is 49.5 Å². The molecule has 1 N–H and O–H groups in total. The molecule has 1 aliphatic heterocycles. The lowest BCUT2D eigenvalue weighted by molar-refractivity contribution is -0.140. The van der Waals surface area contributed by atoms with Gasteiger partial charge in [-0.1, -0.05) is 20.3 Å². The van der Waals surface area contributed by atoms with Gasteiger partial charge in [-0.25, -0.2) is 0 Å². The van der Waals surface area contributed by atoms with Crippen LogP contribution in [-0.2, 0) is 16.1 Å². The van der Waals surface area contributed by atoms with E-state index in [-0.39, 0.29) is 47.5 Å². The predicted molar refractivity (Wildman–Crippen MR) is 126 cm³/mol. The number of carbonyl (C=O) groups is 3. The van der Waals surface area contributed by atoms with Crippen molar-refractivity contribution in [1.29, 1.82) is 0 Å². The van der Waals surface area contributed by atoms with Crippen LogP contribution in [0.3, 0.4) is 0 Å². The minimum absolute atomic E-state index is 0.00914. The Balaban J connectivity index is 1.37. The third-order valence-electron chi connectivity index (χ3n) is 8.36. The van der Waals surface area contributed by atoms with E-state index in [1.54, 1.807) is 23.4 Å². The largest absolute Gasteiger partial charge is 0.396 e. The molecule has 5 rings (SSSR count). The second-order valence-electron chi connectivity index (χ2n) is 11.5. The van der Waals surface area contributed by atoms with E-state index in [0.29, 0.717) is 35.4 Å². The summed E-state index contributed by atoms with van der Waals surface area (Å²) in [7, 11) is 0. The fraction of sp³-hybridized carbons (Fsp3) is 0.654. The molecule has 0 unspecified atom stereocenters. The number of aliphatic hydroxyl groups is 1. The first-order chi connectivity index (χ1) is 16.1. The Morgan fingerprint density at radius 3 is 2.71 bits per heavy atom. The normalized spacial score (nSPS) is 29.8. The molecule has 0 bridgehead atoms. The highest BCUT2D eigenvalue weighted by Crippen LogP contribution is 2.59. The van der Waals surface area contributed by atoms with Gasteiger partial charge in [-0.15, -0.1) is 0 Å². The Morgan fingerprint density at radius 1 is 1.21 bits per heavy atom. The van der Waals surface area contributed by atoms with Gasteiger partial charge in [0.15, 0.2) is 11.6 Å². The van der Waals surface area contributed by atoms with E-state index in [2.05, 4.69) is 23.9 Å². The van der Waals surface area contributed by atoms with Crippen LogP contribution in [0.2, 0.25) is 0 Å². The number of amides is 1. The van der Waals surface area contributed by atoms with Gasteiger partial charge in [0.05, 0.1) is 24.4 Å². The van der Waals surface area contributed by atoms with Crippen LogP contribution >= 0.6 is 0 Å². The number of Topliss-reactive ketones (excluding diaryl/α,β-unsaturated/α-hetero) is 2. The van der Waals surface area contributed by atoms with Crippen LogP contribution in [0.5, 0.6) is 0 Å². The summed E-state index contributed by atoms with van der Waals surface area (Å²) in [6, 6.07) is 1.13. The van der Waals surface area contributed by atoms with E-state index in [4.69, 9.17) is 0 Å². The zero-order valence-electron chi connectivity index (χ0n) is 20.3. The number of hydrogen-bond acceptors (Lipinski definition) is 6. The molecule has 3 heterocycles. The average molecular weight is 467 g/mol. The molecule has 0 aromatic carbocycles. The summed E-state index contributed by atoms with van der Waals surface area (Å²) in [6.45, 7) is 5.92. The molecule has 2 aromatic rings. The number of carbonyl (C=O) groups excluding carboxylic acids is 3. The smallest absolute Gasteiger partial charge is 0.245 e. The summed E-state index contributed by atoms with van der Waals surface area (Å²) in [5, 5.41) is 15.1. The number of fused-ring (bicyclic) bond motifs is 2. The number of nitrogens with zero attached hydrogens (tertiary/aromatic N) is 4. The maximum Gasteiger partial charge on any atom is 0.245 e. The molecule has 1 amide bonds. The highest BCUT2D eigenvalue weighted by atomic mass is 16.3. The van der Waals surface area contributed by atoms with Crippen LogP contribution in [0.15, 0.2) is 18.5 Å². The zero-order chi connectivity index (χ0) is 24.3. The lowest BCUT2D eigenvalue weighted by Gasteiger charge is -2.36. The number of aromatic nitrogens is 3. The minimum atomic E-state index is -0.490. The Morgan fingerprint density at radius 2 is 2.00 bits per heavy atom. The van der Waals surface area contributed by atoms with Gasteiger partial charge in [0, 0.05) is 36.4 Å². The van der Waals surface area contributed by atoms with Gasteiger partial charge in [0.25, 0.3) is 0 Å². The van der Waals surface area contributed by atoms with Crippen molar-refractivity contribution in [2.24, 2.45) is 16.7 Å². The zero-order valence-corrected chi connectivity index (χ0v) is 20.3. The predicted octanol–water partition coefficient (Wildman–Crippen LogP) is 3.16. The van der Waals surface area contributed by atoms with Gasteiger partial charge in [-0.3, -0.25) is 24.0 Å².